The zero-order chi connectivity index (χ0) is 23.5. The van der Waals surface area contributed by atoms with Crippen LogP contribution in [0.3, 0.4) is 0 Å². The van der Waals surface area contributed by atoms with E-state index in [0.29, 0.717) is 50.7 Å². The van der Waals surface area contributed by atoms with E-state index in [4.69, 9.17) is 20.9 Å². The van der Waals surface area contributed by atoms with Crippen molar-refractivity contribution in [3.63, 3.8) is 0 Å². The summed E-state index contributed by atoms with van der Waals surface area (Å²) in [6.07, 6.45) is 5.22. The minimum absolute atomic E-state index is 0.326. The van der Waals surface area contributed by atoms with Crippen LogP contribution in [0.15, 0.2) is 90.0 Å². The molecule has 0 bridgehead atoms. The first-order valence-electron chi connectivity index (χ1n) is 10.3. The highest BCUT2D eigenvalue weighted by Crippen LogP contribution is 2.31. The lowest BCUT2D eigenvalue weighted by Crippen LogP contribution is -2.13. The maximum absolute atomic E-state index is 13.0. The third-order valence-electron chi connectivity index (χ3n) is 5.05. The summed E-state index contributed by atoms with van der Waals surface area (Å²) >= 11 is 6.29. The molecule has 5 aromatic rings. The topological polar surface area (TPSA) is 95.1 Å². The van der Waals surface area contributed by atoms with Gasteiger partial charge in [-0.3, -0.25) is 4.79 Å². The van der Waals surface area contributed by atoms with Gasteiger partial charge in [-0.2, -0.15) is 0 Å². The Morgan fingerprint density at radius 3 is 2.56 bits per heavy atom. The molecule has 0 radical (unpaired) electrons. The number of nitrogens with one attached hydrogen (secondary N) is 1. The van der Waals surface area contributed by atoms with E-state index in [1.165, 1.54) is 6.33 Å². The molecule has 0 fully saturated rings. The fourth-order valence-electron chi connectivity index (χ4n) is 3.41. The SMILES string of the molecule is Cc1onc(-c2ccccc2Cl)c1C(=O)Nc1ccc(Oc2cc(-n3cccc3)ncn2)cc1. The molecule has 1 N–H and O–H groups in total. The summed E-state index contributed by atoms with van der Waals surface area (Å²) in [6, 6.07) is 19.7. The largest absolute Gasteiger partial charge is 0.439 e. The van der Waals surface area contributed by atoms with Gasteiger partial charge in [-0.1, -0.05) is 35.0 Å². The van der Waals surface area contributed by atoms with Crippen LogP contribution in [0.1, 0.15) is 16.1 Å². The Morgan fingerprint density at radius 2 is 1.79 bits per heavy atom. The van der Waals surface area contributed by atoms with E-state index in [-0.39, 0.29) is 5.91 Å². The third-order valence-corrected chi connectivity index (χ3v) is 5.38. The van der Waals surface area contributed by atoms with Crippen LogP contribution in [0.25, 0.3) is 17.1 Å². The number of benzene rings is 2. The monoisotopic (exact) mass is 471 g/mol. The Hall–Kier alpha value is -4.43. The van der Waals surface area contributed by atoms with Gasteiger partial charge in [-0.05, 0) is 49.4 Å². The van der Waals surface area contributed by atoms with E-state index in [1.54, 1.807) is 49.4 Å². The minimum Gasteiger partial charge on any atom is -0.439 e. The summed E-state index contributed by atoms with van der Waals surface area (Å²) in [7, 11) is 0. The summed E-state index contributed by atoms with van der Waals surface area (Å²) in [5.41, 5.74) is 1.92. The quantitative estimate of drug-likeness (QED) is 0.330. The van der Waals surface area contributed by atoms with E-state index < -0.39 is 0 Å². The summed E-state index contributed by atoms with van der Waals surface area (Å²) in [4.78, 5) is 21.4. The maximum Gasteiger partial charge on any atom is 0.261 e. The second-order valence-electron chi connectivity index (χ2n) is 7.33. The van der Waals surface area contributed by atoms with Crippen molar-refractivity contribution in [2.24, 2.45) is 0 Å². The number of hydrogen-bond acceptors (Lipinski definition) is 6. The summed E-state index contributed by atoms with van der Waals surface area (Å²) < 4.78 is 13.0. The summed E-state index contributed by atoms with van der Waals surface area (Å²) in [5, 5.41) is 7.39. The molecule has 9 heteroatoms. The van der Waals surface area contributed by atoms with Crippen molar-refractivity contribution in [2.75, 3.05) is 5.32 Å². The summed E-state index contributed by atoms with van der Waals surface area (Å²) in [5.74, 6) is 1.70. The lowest BCUT2D eigenvalue weighted by molar-refractivity contribution is 0.102. The Balaban J connectivity index is 1.31. The van der Waals surface area contributed by atoms with Gasteiger partial charge < -0.3 is 19.1 Å². The van der Waals surface area contributed by atoms with Crippen LogP contribution >= 0.6 is 11.6 Å². The predicted octanol–water partition coefficient (Wildman–Crippen LogP) is 5.93. The van der Waals surface area contributed by atoms with Crippen molar-refractivity contribution in [1.29, 1.82) is 0 Å². The molecule has 0 spiro atoms. The number of aromatic nitrogens is 4. The van der Waals surface area contributed by atoms with Crippen LogP contribution in [0, 0.1) is 6.92 Å². The molecule has 0 saturated carbocycles. The van der Waals surface area contributed by atoms with Crippen molar-refractivity contribution >= 4 is 23.2 Å². The molecule has 0 aliphatic heterocycles. The lowest BCUT2D eigenvalue weighted by atomic mass is 10.1. The predicted molar refractivity (Wildman–Crippen MR) is 128 cm³/mol. The molecule has 3 heterocycles. The maximum atomic E-state index is 13.0. The lowest BCUT2D eigenvalue weighted by Gasteiger charge is -2.09. The van der Waals surface area contributed by atoms with E-state index in [2.05, 4.69) is 20.4 Å². The molecule has 0 aliphatic carbocycles. The number of carbonyl (C=O) groups is 1. The molecule has 2 aromatic carbocycles. The first-order chi connectivity index (χ1) is 16.6. The second-order valence-corrected chi connectivity index (χ2v) is 7.73. The molecule has 0 aliphatic rings. The number of anilines is 1. The van der Waals surface area contributed by atoms with Gasteiger partial charge in [0, 0.05) is 29.7 Å². The normalized spacial score (nSPS) is 10.8. The smallest absolute Gasteiger partial charge is 0.261 e. The third kappa shape index (κ3) is 4.39. The molecule has 1 amide bonds. The average molecular weight is 472 g/mol. The van der Waals surface area contributed by atoms with Gasteiger partial charge in [0.2, 0.25) is 5.88 Å². The number of rotatable bonds is 6. The fourth-order valence-corrected chi connectivity index (χ4v) is 3.64. The highest BCUT2D eigenvalue weighted by Gasteiger charge is 2.23. The van der Waals surface area contributed by atoms with Gasteiger partial charge >= 0.3 is 0 Å². The Bertz CT molecular complexity index is 1450. The van der Waals surface area contributed by atoms with E-state index in [0.717, 1.165) is 0 Å². The van der Waals surface area contributed by atoms with Crippen LogP contribution in [0.2, 0.25) is 5.02 Å². The number of nitrogens with zero attached hydrogens (tertiary/aromatic N) is 4. The van der Waals surface area contributed by atoms with E-state index in [9.17, 15) is 4.79 Å². The highest BCUT2D eigenvalue weighted by atomic mass is 35.5. The van der Waals surface area contributed by atoms with Crippen LogP contribution in [0.5, 0.6) is 11.6 Å². The molecule has 0 atom stereocenters. The van der Waals surface area contributed by atoms with Gasteiger partial charge in [0.1, 0.15) is 34.9 Å². The van der Waals surface area contributed by atoms with Gasteiger partial charge in [-0.15, -0.1) is 0 Å². The zero-order valence-electron chi connectivity index (χ0n) is 18.0. The van der Waals surface area contributed by atoms with Crippen LogP contribution < -0.4 is 10.1 Å². The van der Waals surface area contributed by atoms with Gasteiger partial charge in [0.05, 0.1) is 5.02 Å². The molecular formula is C25H18ClN5O3. The number of carbonyl (C=O) groups excluding carboxylic acids is 1. The van der Waals surface area contributed by atoms with Gasteiger partial charge in [0.25, 0.3) is 5.91 Å². The van der Waals surface area contributed by atoms with Crippen molar-refractivity contribution in [3.8, 4) is 28.7 Å². The Morgan fingerprint density at radius 1 is 1.03 bits per heavy atom. The first kappa shape index (κ1) is 21.4. The molecule has 34 heavy (non-hydrogen) atoms. The average Bonchev–Trinajstić information content (AvgIpc) is 3.51. The van der Waals surface area contributed by atoms with Crippen LogP contribution in [0.4, 0.5) is 5.69 Å². The van der Waals surface area contributed by atoms with E-state index in [1.807, 2.05) is 41.2 Å². The first-order valence-corrected chi connectivity index (χ1v) is 10.7. The molecule has 3 aromatic heterocycles. The number of halogens is 1. The van der Waals surface area contributed by atoms with Crippen molar-refractivity contribution in [1.82, 2.24) is 19.7 Å². The number of ether oxygens (including phenoxy) is 1. The molecule has 8 nitrogen and oxygen atoms in total. The number of hydrogen-bond donors (Lipinski definition) is 1. The fraction of sp³-hybridized carbons (Fsp3) is 0.0400. The Labute approximate surface area is 199 Å². The number of aryl methyl sites for hydroxylation is 1. The zero-order valence-corrected chi connectivity index (χ0v) is 18.7. The van der Waals surface area contributed by atoms with Crippen molar-refractivity contribution in [2.45, 2.75) is 6.92 Å². The van der Waals surface area contributed by atoms with Crippen molar-refractivity contribution in [3.05, 3.63) is 102 Å². The van der Waals surface area contributed by atoms with Gasteiger partial charge in [-0.25, -0.2) is 9.97 Å². The molecule has 5 rings (SSSR count). The molecule has 168 valence electrons. The summed E-state index contributed by atoms with van der Waals surface area (Å²) in [6.45, 7) is 1.68. The van der Waals surface area contributed by atoms with Gasteiger partial charge in [0.15, 0.2) is 0 Å². The van der Waals surface area contributed by atoms with Crippen LogP contribution in [-0.2, 0) is 0 Å². The minimum atomic E-state index is -0.352. The second kappa shape index (κ2) is 9.21. The Kier molecular flexibility index (Phi) is 5.80. The number of amides is 1. The molecule has 0 unspecified atom stereocenters. The van der Waals surface area contributed by atoms with E-state index >= 15 is 0 Å². The molecular weight excluding hydrogens is 454 g/mol. The van der Waals surface area contributed by atoms with Crippen molar-refractivity contribution < 1.29 is 14.1 Å². The standard InChI is InChI=1S/C25H18ClN5O3/c1-16-23(24(30-34-16)19-6-2-3-7-20(19)26)25(32)29-17-8-10-18(11-9-17)33-22-14-21(27-15-28-22)31-12-4-5-13-31/h2-15H,1H3,(H,29,32). The van der Waals surface area contributed by atoms with Crippen LogP contribution in [-0.4, -0.2) is 25.6 Å². The highest BCUT2D eigenvalue weighted by molar-refractivity contribution is 6.33. The molecule has 0 saturated heterocycles.